The third kappa shape index (κ3) is 1.70. The summed E-state index contributed by atoms with van der Waals surface area (Å²) in [4.78, 5) is 12.5. The fourth-order valence-corrected chi connectivity index (χ4v) is 3.43. The molecular weight excluding hydrogens is 245 g/mol. The molecule has 4 heteroatoms. The molecule has 2 bridgehead atoms. The Labute approximate surface area is 109 Å². The van der Waals surface area contributed by atoms with Gasteiger partial charge in [-0.3, -0.25) is 4.79 Å². The highest BCUT2D eigenvalue weighted by Crippen LogP contribution is 2.36. The van der Waals surface area contributed by atoms with Gasteiger partial charge >= 0.3 is 0 Å². The SMILES string of the molecule is O=C(c1cc2cc(F)ccc2o1)C1CC2CCC1N2. The van der Waals surface area contributed by atoms with Crippen LogP contribution in [0.1, 0.15) is 29.8 Å². The van der Waals surface area contributed by atoms with Crippen molar-refractivity contribution >= 4 is 16.8 Å². The average molecular weight is 259 g/mol. The minimum Gasteiger partial charge on any atom is -0.453 e. The number of halogens is 1. The molecule has 1 N–H and O–H groups in total. The van der Waals surface area contributed by atoms with Crippen LogP contribution in [-0.4, -0.2) is 17.9 Å². The zero-order valence-electron chi connectivity index (χ0n) is 10.4. The van der Waals surface area contributed by atoms with Crippen molar-refractivity contribution in [2.45, 2.75) is 31.3 Å². The monoisotopic (exact) mass is 259 g/mol. The van der Waals surface area contributed by atoms with E-state index in [0.29, 0.717) is 28.8 Å². The zero-order valence-corrected chi connectivity index (χ0v) is 10.4. The number of hydrogen-bond donors (Lipinski definition) is 1. The lowest BCUT2D eigenvalue weighted by molar-refractivity contribution is 0.0874. The first kappa shape index (κ1) is 11.2. The highest BCUT2D eigenvalue weighted by Gasteiger charge is 2.43. The van der Waals surface area contributed by atoms with E-state index in [1.54, 1.807) is 12.1 Å². The molecule has 0 radical (unpaired) electrons. The Morgan fingerprint density at radius 2 is 2.21 bits per heavy atom. The van der Waals surface area contributed by atoms with Crippen molar-refractivity contribution in [3.63, 3.8) is 0 Å². The minimum absolute atomic E-state index is 0.0177. The Kier molecular flexibility index (Phi) is 2.30. The Morgan fingerprint density at radius 3 is 2.95 bits per heavy atom. The maximum absolute atomic E-state index is 13.1. The number of furan rings is 1. The second-order valence-corrected chi connectivity index (χ2v) is 5.55. The van der Waals surface area contributed by atoms with E-state index in [1.165, 1.54) is 18.6 Å². The van der Waals surface area contributed by atoms with Crippen LogP contribution in [-0.2, 0) is 0 Å². The molecule has 2 aliphatic rings. The van der Waals surface area contributed by atoms with Crippen molar-refractivity contribution in [2.24, 2.45) is 5.92 Å². The molecule has 19 heavy (non-hydrogen) atoms. The lowest BCUT2D eigenvalue weighted by atomic mass is 9.85. The maximum Gasteiger partial charge on any atom is 0.202 e. The topological polar surface area (TPSA) is 42.2 Å². The summed E-state index contributed by atoms with van der Waals surface area (Å²) < 4.78 is 18.7. The van der Waals surface area contributed by atoms with E-state index >= 15 is 0 Å². The number of carbonyl (C=O) groups excluding carboxylic acids is 1. The third-order valence-corrected chi connectivity index (χ3v) is 4.36. The predicted octanol–water partition coefficient (Wildman–Crippen LogP) is 2.90. The van der Waals surface area contributed by atoms with Gasteiger partial charge in [-0.15, -0.1) is 0 Å². The molecule has 0 saturated carbocycles. The first-order valence-electron chi connectivity index (χ1n) is 6.70. The van der Waals surface area contributed by atoms with Crippen LogP contribution < -0.4 is 5.32 Å². The number of benzene rings is 1. The van der Waals surface area contributed by atoms with Gasteiger partial charge in [-0.2, -0.15) is 0 Å². The van der Waals surface area contributed by atoms with E-state index in [4.69, 9.17) is 4.42 Å². The van der Waals surface area contributed by atoms with E-state index < -0.39 is 0 Å². The van der Waals surface area contributed by atoms with Crippen molar-refractivity contribution in [3.05, 3.63) is 35.8 Å². The number of carbonyl (C=O) groups is 1. The van der Waals surface area contributed by atoms with Gasteiger partial charge in [-0.25, -0.2) is 4.39 Å². The van der Waals surface area contributed by atoms with Gasteiger partial charge < -0.3 is 9.73 Å². The molecule has 1 aromatic heterocycles. The van der Waals surface area contributed by atoms with Crippen molar-refractivity contribution < 1.29 is 13.6 Å². The van der Waals surface area contributed by atoms with Crippen LogP contribution in [0, 0.1) is 11.7 Å². The summed E-state index contributed by atoms with van der Waals surface area (Å²) in [5.41, 5.74) is 0.570. The summed E-state index contributed by atoms with van der Waals surface area (Å²) in [7, 11) is 0. The Bertz CT molecular complexity index is 663. The highest BCUT2D eigenvalue weighted by molar-refractivity contribution is 5.99. The lowest BCUT2D eigenvalue weighted by Crippen LogP contribution is -2.28. The molecule has 2 saturated heterocycles. The number of hydrogen-bond acceptors (Lipinski definition) is 3. The Morgan fingerprint density at radius 1 is 1.32 bits per heavy atom. The molecule has 0 spiro atoms. The van der Waals surface area contributed by atoms with Crippen LogP contribution in [0.15, 0.2) is 28.7 Å². The standard InChI is InChI=1S/C15H14FNO2/c16-9-1-4-13-8(5-9)6-14(19-13)15(18)11-7-10-2-3-12(11)17-10/h1,4-6,10-12,17H,2-3,7H2. The normalized spacial score (nSPS) is 29.2. The van der Waals surface area contributed by atoms with Crippen molar-refractivity contribution in [3.8, 4) is 0 Å². The summed E-state index contributed by atoms with van der Waals surface area (Å²) in [6.07, 6.45) is 3.13. The number of ketones is 1. The summed E-state index contributed by atoms with van der Waals surface area (Å²) >= 11 is 0. The van der Waals surface area contributed by atoms with E-state index in [-0.39, 0.29) is 17.5 Å². The van der Waals surface area contributed by atoms with Gasteiger partial charge in [0.15, 0.2) is 5.76 Å². The van der Waals surface area contributed by atoms with Gasteiger partial charge in [0.1, 0.15) is 11.4 Å². The molecule has 98 valence electrons. The molecule has 2 aliphatic heterocycles. The Hall–Kier alpha value is -1.68. The number of fused-ring (bicyclic) bond motifs is 3. The molecule has 3 nitrogen and oxygen atoms in total. The smallest absolute Gasteiger partial charge is 0.202 e. The molecule has 3 heterocycles. The fourth-order valence-electron chi connectivity index (χ4n) is 3.43. The van der Waals surface area contributed by atoms with Crippen molar-refractivity contribution in [1.82, 2.24) is 5.32 Å². The predicted molar refractivity (Wildman–Crippen MR) is 68.6 cm³/mol. The van der Waals surface area contributed by atoms with Gasteiger partial charge in [0.05, 0.1) is 0 Å². The molecule has 4 rings (SSSR count). The second-order valence-electron chi connectivity index (χ2n) is 5.55. The molecule has 1 aromatic carbocycles. The van der Waals surface area contributed by atoms with Crippen molar-refractivity contribution in [2.75, 3.05) is 0 Å². The average Bonchev–Trinajstić information content (AvgIpc) is 3.11. The van der Waals surface area contributed by atoms with Gasteiger partial charge in [-0.1, -0.05) is 0 Å². The van der Waals surface area contributed by atoms with Crippen LogP contribution in [0.25, 0.3) is 11.0 Å². The first-order chi connectivity index (χ1) is 9.20. The molecule has 3 atom stereocenters. The molecule has 3 unspecified atom stereocenters. The van der Waals surface area contributed by atoms with Crippen LogP contribution in [0.2, 0.25) is 0 Å². The minimum atomic E-state index is -0.311. The highest BCUT2D eigenvalue weighted by atomic mass is 19.1. The number of rotatable bonds is 2. The van der Waals surface area contributed by atoms with E-state index in [9.17, 15) is 9.18 Å². The maximum atomic E-state index is 13.1. The van der Waals surface area contributed by atoms with Gasteiger partial charge in [0, 0.05) is 23.4 Å². The Balaban J connectivity index is 1.68. The molecule has 2 aromatic rings. The largest absolute Gasteiger partial charge is 0.453 e. The summed E-state index contributed by atoms with van der Waals surface area (Å²) in [6.45, 7) is 0. The van der Waals surface area contributed by atoms with Crippen molar-refractivity contribution in [1.29, 1.82) is 0 Å². The van der Waals surface area contributed by atoms with Crippen LogP contribution >= 0.6 is 0 Å². The van der Waals surface area contributed by atoms with E-state index in [2.05, 4.69) is 5.32 Å². The van der Waals surface area contributed by atoms with Gasteiger partial charge in [0.2, 0.25) is 5.78 Å². The zero-order chi connectivity index (χ0) is 13.0. The first-order valence-corrected chi connectivity index (χ1v) is 6.70. The summed E-state index contributed by atoms with van der Waals surface area (Å²) in [5, 5.41) is 4.10. The molecule has 0 aliphatic carbocycles. The van der Waals surface area contributed by atoms with Gasteiger partial charge in [-0.05, 0) is 43.5 Å². The van der Waals surface area contributed by atoms with Crippen LogP contribution in [0.5, 0.6) is 0 Å². The molecule has 0 amide bonds. The van der Waals surface area contributed by atoms with E-state index in [1.807, 2.05) is 0 Å². The summed E-state index contributed by atoms with van der Waals surface area (Å²) in [6, 6.07) is 6.75. The fraction of sp³-hybridized carbons (Fsp3) is 0.400. The molecular formula is C15H14FNO2. The van der Waals surface area contributed by atoms with Gasteiger partial charge in [0.25, 0.3) is 0 Å². The summed E-state index contributed by atoms with van der Waals surface area (Å²) in [5.74, 6) is 0.120. The van der Waals surface area contributed by atoms with E-state index in [0.717, 1.165) is 12.8 Å². The number of Topliss-reactive ketones (excluding diaryl/α,β-unsaturated/α-hetero) is 1. The quantitative estimate of drug-likeness (QED) is 0.843. The third-order valence-electron chi connectivity index (χ3n) is 4.36. The number of nitrogens with one attached hydrogen (secondary N) is 1. The lowest BCUT2D eigenvalue weighted by Gasteiger charge is -2.17. The molecule has 2 fully saturated rings. The van der Waals surface area contributed by atoms with Crippen LogP contribution in [0.3, 0.4) is 0 Å². The second kappa shape index (κ2) is 3.90. The van der Waals surface area contributed by atoms with Crippen LogP contribution in [0.4, 0.5) is 4.39 Å².